The zero-order valence-electron chi connectivity index (χ0n) is 12.1. The number of Topliss-reactive ketones (excluding diaryl/α,β-unsaturated/α-hetero) is 1. The van der Waals surface area contributed by atoms with Crippen LogP contribution in [0.5, 0.6) is 0 Å². The number of amides is 2. The lowest BCUT2D eigenvalue weighted by atomic mass is 10.2. The number of nitrogens with zero attached hydrogens (tertiary/aromatic N) is 2. The Kier molecular flexibility index (Phi) is 4.91. The largest absolute Gasteiger partial charge is 0.444 e. The van der Waals surface area contributed by atoms with E-state index >= 15 is 0 Å². The second-order valence-electron chi connectivity index (χ2n) is 5.79. The lowest BCUT2D eigenvalue weighted by Crippen LogP contribution is -2.36. The summed E-state index contributed by atoms with van der Waals surface area (Å²) in [6.07, 6.45) is 0.271. The summed E-state index contributed by atoms with van der Waals surface area (Å²) in [5, 5.41) is 0. The van der Waals surface area contributed by atoms with Gasteiger partial charge in [0, 0.05) is 20.1 Å². The Bertz CT molecular complexity index is 373. The standard InChI is InChI=1S/C13H22N2O4/c1-13(2,3)19-12(18)14(4)6-5-7-15-9-10(16)8-11(15)17/h5-9H2,1-4H3. The summed E-state index contributed by atoms with van der Waals surface area (Å²) < 4.78 is 5.21. The molecule has 108 valence electrons. The molecular formula is C13H22N2O4. The van der Waals surface area contributed by atoms with Gasteiger partial charge in [0.2, 0.25) is 5.91 Å². The second kappa shape index (κ2) is 6.04. The lowest BCUT2D eigenvalue weighted by molar-refractivity contribution is -0.127. The van der Waals surface area contributed by atoms with Gasteiger partial charge >= 0.3 is 6.09 Å². The molecule has 0 aromatic heterocycles. The number of hydrogen-bond acceptors (Lipinski definition) is 4. The van der Waals surface area contributed by atoms with Crippen molar-refractivity contribution < 1.29 is 19.1 Å². The Labute approximate surface area is 113 Å². The van der Waals surface area contributed by atoms with Gasteiger partial charge in [-0.25, -0.2) is 4.79 Å². The quantitative estimate of drug-likeness (QED) is 0.716. The van der Waals surface area contributed by atoms with Crippen LogP contribution in [-0.2, 0) is 14.3 Å². The maximum absolute atomic E-state index is 11.7. The van der Waals surface area contributed by atoms with Gasteiger partial charge in [-0.05, 0) is 27.2 Å². The van der Waals surface area contributed by atoms with Crippen LogP contribution >= 0.6 is 0 Å². The van der Waals surface area contributed by atoms with Crippen molar-refractivity contribution in [2.45, 2.75) is 39.2 Å². The van der Waals surface area contributed by atoms with Crippen molar-refractivity contribution in [2.24, 2.45) is 0 Å². The van der Waals surface area contributed by atoms with Crippen LogP contribution in [0.25, 0.3) is 0 Å². The van der Waals surface area contributed by atoms with Crippen molar-refractivity contribution in [3.63, 3.8) is 0 Å². The first-order valence-electron chi connectivity index (χ1n) is 6.42. The van der Waals surface area contributed by atoms with E-state index in [1.54, 1.807) is 7.05 Å². The van der Waals surface area contributed by atoms with Crippen LogP contribution in [-0.4, -0.2) is 59.9 Å². The van der Waals surface area contributed by atoms with Crippen molar-refractivity contribution in [2.75, 3.05) is 26.7 Å². The van der Waals surface area contributed by atoms with E-state index in [-0.39, 0.29) is 30.7 Å². The number of carbonyl (C=O) groups excluding carboxylic acids is 3. The van der Waals surface area contributed by atoms with E-state index in [0.29, 0.717) is 19.5 Å². The van der Waals surface area contributed by atoms with Crippen LogP contribution in [0.2, 0.25) is 0 Å². The smallest absolute Gasteiger partial charge is 0.410 e. The Morgan fingerprint density at radius 2 is 2.00 bits per heavy atom. The highest BCUT2D eigenvalue weighted by Gasteiger charge is 2.27. The molecule has 6 nitrogen and oxygen atoms in total. The fourth-order valence-electron chi connectivity index (χ4n) is 1.77. The van der Waals surface area contributed by atoms with Gasteiger partial charge in [0.05, 0.1) is 13.0 Å². The van der Waals surface area contributed by atoms with Gasteiger partial charge in [-0.15, -0.1) is 0 Å². The molecular weight excluding hydrogens is 248 g/mol. The van der Waals surface area contributed by atoms with Crippen molar-refractivity contribution in [1.82, 2.24) is 9.80 Å². The molecule has 1 fully saturated rings. The van der Waals surface area contributed by atoms with Crippen molar-refractivity contribution in [3.05, 3.63) is 0 Å². The van der Waals surface area contributed by atoms with E-state index in [1.165, 1.54) is 9.80 Å². The minimum Gasteiger partial charge on any atom is -0.444 e. The van der Waals surface area contributed by atoms with Gasteiger partial charge in [-0.2, -0.15) is 0 Å². The monoisotopic (exact) mass is 270 g/mol. The SMILES string of the molecule is CN(CCCN1CC(=O)CC1=O)C(=O)OC(C)(C)C. The molecule has 1 aliphatic heterocycles. The Hall–Kier alpha value is -1.59. The highest BCUT2D eigenvalue weighted by Crippen LogP contribution is 2.10. The summed E-state index contributed by atoms with van der Waals surface area (Å²) in [7, 11) is 1.66. The summed E-state index contributed by atoms with van der Waals surface area (Å²) in [5.41, 5.74) is -0.511. The van der Waals surface area contributed by atoms with E-state index in [9.17, 15) is 14.4 Å². The zero-order chi connectivity index (χ0) is 14.6. The Balaban J connectivity index is 2.27. The molecule has 6 heteroatoms. The molecule has 1 rings (SSSR count). The highest BCUT2D eigenvalue weighted by molar-refractivity contribution is 6.05. The third-order valence-electron chi connectivity index (χ3n) is 2.70. The van der Waals surface area contributed by atoms with Gasteiger partial charge in [-0.1, -0.05) is 0 Å². The van der Waals surface area contributed by atoms with Gasteiger partial charge < -0.3 is 14.5 Å². The molecule has 0 radical (unpaired) electrons. The number of likely N-dealkylation sites (tertiary alicyclic amines) is 1. The molecule has 2 amide bonds. The normalized spacial score (nSPS) is 15.9. The molecule has 1 heterocycles. The molecule has 1 aliphatic rings. The summed E-state index contributed by atoms with van der Waals surface area (Å²) in [4.78, 5) is 37.1. The molecule has 0 bridgehead atoms. The minimum atomic E-state index is -0.511. The van der Waals surface area contributed by atoms with Crippen LogP contribution in [0.3, 0.4) is 0 Å². The summed E-state index contributed by atoms with van der Waals surface area (Å²) in [6, 6.07) is 0. The van der Waals surface area contributed by atoms with Crippen LogP contribution in [0.4, 0.5) is 4.79 Å². The third kappa shape index (κ3) is 5.28. The average molecular weight is 270 g/mol. The van der Waals surface area contributed by atoms with Gasteiger partial charge in [0.25, 0.3) is 0 Å². The molecule has 0 atom stereocenters. The molecule has 0 aromatic carbocycles. The predicted octanol–water partition coefficient (Wildman–Crippen LogP) is 1.04. The fraction of sp³-hybridized carbons (Fsp3) is 0.769. The van der Waals surface area contributed by atoms with E-state index in [4.69, 9.17) is 4.74 Å². The van der Waals surface area contributed by atoms with Crippen LogP contribution in [0.1, 0.15) is 33.6 Å². The van der Waals surface area contributed by atoms with Crippen LogP contribution < -0.4 is 0 Å². The van der Waals surface area contributed by atoms with Gasteiger partial charge in [0.15, 0.2) is 5.78 Å². The Morgan fingerprint density at radius 1 is 1.37 bits per heavy atom. The average Bonchev–Trinajstić information content (AvgIpc) is 2.55. The molecule has 0 aliphatic carbocycles. The van der Waals surface area contributed by atoms with E-state index in [0.717, 1.165) is 0 Å². The number of rotatable bonds is 4. The number of carbonyl (C=O) groups is 3. The first-order valence-corrected chi connectivity index (χ1v) is 6.42. The maximum Gasteiger partial charge on any atom is 0.410 e. The maximum atomic E-state index is 11.7. The van der Waals surface area contributed by atoms with Crippen molar-refractivity contribution >= 4 is 17.8 Å². The predicted molar refractivity (Wildman–Crippen MR) is 69.7 cm³/mol. The first kappa shape index (κ1) is 15.5. The zero-order valence-corrected chi connectivity index (χ0v) is 12.1. The Morgan fingerprint density at radius 3 is 2.47 bits per heavy atom. The molecule has 1 saturated heterocycles. The van der Waals surface area contributed by atoms with Crippen molar-refractivity contribution in [3.8, 4) is 0 Å². The molecule has 0 unspecified atom stereocenters. The minimum absolute atomic E-state index is 0.0158. The summed E-state index contributed by atoms with van der Waals surface area (Å²) in [6.45, 7) is 6.63. The van der Waals surface area contributed by atoms with Crippen LogP contribution in [0.15, 0.2) is 0 Å². The number of ether oxygens (including phenoxy) is 1. The van der Waals surface area contributed by atoms with Crippen molar-refractivity contribution in [1.29, 1.82) is 0 Å². The van der Waals surface area contributed by atoms with E-state index < -0.39 is 5.60 Å². The number of ketones is 1. The molecule has 0 N–H and O–H groups in total. The highest BCUT2D eigenvalue weighted by atomic mass is 16.6. The fourth-order valence-corrected chi connectivity index (χ4v) is 1.77. The first-order chi connectivity index (χ1) is 8.69. The third-order valence-corrected chi connectivity index (χ3v) is 2.70. The second-order valence-corrected chi connectivity index (χ2v) is 5.79. The number of hydrogen-bond donors (Lipinski definition) is 0. The van der Waals surface area contributed by atoms with E-state index in [1.807, 2.05) is 20.8 Å². The molecule has 0 saturated carbocycles. The topological polar surface area (TPSA) is 66.9 Å². The van der Waals surface area contributed by atoms with E-state index in [2.05, 4.69) is 0 Å². The summed E-state index contributed by atoms with van der Waals surface area (Å²) in [5.74, 6) is -0.157. The van der Waals surface area contributed by atoms with Crippen LogP contribution in [0, 0.1) is 0 Å². The lowest BCUT2D eigenvalue weighted by Gasteiger charge is -2.25. The summed E-state index contributed by atoms with van der Waals surface area (Å²) >= 11 is 0. The molecule has 0 spiro atoms. The molecule has 19 heavy (non-hydrogen) atoms. The van der Waals surface area contributed by atoms with Gasteiger partial charge in [-0.3, -0.25) is 9.59 Å². The molecule has 0 aromatic rings. The van der Waals surface area contributed by atoms with Gasteiger partial charge in [0.1, 0.15) is 5.60 Å².